The molecule has 0 saturated carbocycles. The van der Waals surface area contributed by atoms with E-state index in [4.69, 9.17) is 4.99 Å². The highest BCUT2D eigenvalue weighted by Gasteiger charge is 2.14. The second kappa shape index (κ2) is 13.3. The molecule has 7 nitrogen and oxygen atoms in total. The third kappa shape index (κ3) is 8.51. The standard InChI is InChI=1S/C23H36N6O.HI/c1-7-10-22(30)27-20-12-9-11-19(14-20)15-25-23(24-8-2)26-16(3)13-21-17(4)28-29(6)18(21)5;/h9,11-12,14,16H,7-8,10,13,15H2,1-6H3,(H,27,30)(H2,24,25,26);1H. The van der Waals surface area contributed by atoms with Crippen molar-refractivity contribution in [2.45, 2.75) is 66.5 Å². The Balaban J connectivity index is 0.00000480. The van der Waals surface area contributed by atoms with Crippen LogP contribution in [0.4, 0.5) is 5.69 Å². The molecule has 3 N–H and O–H groups in total. The van der Waals surface area contributed by atoms with Gasteiger partial charge in [-0.1, -0.05) is 19.1 Å². The first-order valence-corrected chi connectivity index (χ1v) is 10.8. The monoisotopic (exact) mass is 540 g/mol. The highest BCUT2D eigenvalue weighted by atomic mass is 127. The van der Waals surface area contributed by atoms with Gasteiger partial charge in [-0.25, -0.2) is 4.99 Å². The number of benzene rings is 1. The van der Waals surface area contributed by atoms with Crippen LogP contribution in [-0.4, -0.2) is 34.2 Å². The van der Waals surface area contributed by atoms with Crippen molar-refractivity contribution < 1.29 is 4.79 Å². The molecule has 0 fully saturated rings. The maximum Gasteiger partial charge on any atom is 0.224 e. The van der Waals surface area contributed by atoms with Crippen LogP contribution in [0, 0.1) is 13.8 Å². The Morgan fingerprint density at radius 1 is 1.26 bits per heavy atom. The maximum absolute atomic E-state index is 11.8. The van der Waals surface area contributed by atoms with Crippen molar-refractivity contribution in [2.24, 2.45) is 12.0 Å². The van der Waals surface area contributed by atoms with Gasteiger partial charge in [-0.3, -0.25) is 9.48 Å². The Bertz CT molecular complexity index is 877. The molecule has 0 aliphatic heterocycles. The molecule has 172 valence electrons. The highest BCUT2D eigenvalue weighted by molar-refractivity contribution is 14.0. The molecule has 2 rings (SSSR count). The molecule has 1 aromatic heterocycles. The molecule has 1 aromatic carbocycles. The molecular formula is C23H37IN6O. The minimum atomic E-state index is 0. The average Bonchev–Trinajstić information content (AvgIpc) is 2.93. The van der Waals surface area contributed by atoms with E-state index in [9.17, 15) is 4.79 Å². The Kier molecular flexibility index (Phi) is 11.6. The number of nitrogens with one attached hydrogen (secondary N) is 3. The maximum atomic E-state index is 11.8. The van der Waals surface area contributed by atoms with Gasteiger partial charge < -0.3 is 16.0 Å². The molecule has 1 heterocycles. The fourth-order valence-corrected chi connectivity index (χ4v) is 3.39. The summed E-state index contributed by atoms with van der Waals surface area (Å²) in [5.74, 6) is 0.826. The van der Waals surface area contributed by atoms with Crippen molar-refractivity contribution in [3.8, 4) is 0 Å². The lowest BCUT2D eigenvalue weighted by Gasteiger charge is -2.18. The lowest BCUT2D eigenvalue weighted by Crippen LogP contribution is -2.43. The third-order valence-electron chi connectivity index (χ3n) is 5.00. The van der Waals surface area contributed by atoms with E-state index in [-0.39, 0.29) is 35.9 Å². The lowest BCUT2D eigenvalue weighted by atomic mass is 10.1. The number of nitrogens with zero attached hydrogens (tertiary/aromatic N) is 3. The first kappa shape index (κ1) is 26.9. The second-order valence-corrected chi connectivity index (χ2v) is 7.72. The number of anilines is 1. The smallest absolute Gasteiger partial charge is 0.224 e. The molecule has 0 spiro atoms. The van der Waals surface area contributed by atoms with E-state index in [1.54, 1.807) is 0 Å². The number of carbonyl (C=O) groups is 1. The first-order valence-electron chi connectivity index (χ1n) is 10.8. The molecule has 0 aliphatic carbocycles. The SMILES string of the molecule is CCCC(=O)Nc1cccc(CN=C(NCC)NC(C)Cc2c(C)nn(C)c2C)c1.I. The number of halogens is 1. The fraction of sp³-hybridized carbons (Fsp3) is 0.522. The molecule has 31 heavy (non-hydrogen) atoms. The lowest BCUT2D eigenvalue weighted by molar-refractivity contribution is -0.116. The number of amides is 1. The number of hydrogen-bond donors (Lipinski definition) is 3. The van der Waals surface area contributed by atoms with E-state index in [1.165, 1.54) is 11.3 Å². The topological polar surface area (TPSA) is 83.3 Å². The summed E-state index contributed by atoms with van der Waals surface area (Å²) in [5, 5.41) is 14.3. The fourth-order valence-electron chi connectivity index (χ4n) is 3.39. The van der Waals surface area contributed by atoms with Crippen LogP contribution in [0.15, 0.2) is 29.3 Å². The Morgan fingerprint density at radius 2 is 2.00 bits per heavy atom. The molecule has 2 aromatic rings. The molecule has 1 amide bonds. The summed E-state index contributed by atoms with van der Waals surface area (Å²) in [6.07, 6.45) is 2.25. The normalized spacial score (nSPS) is 12.1. The number of rotatable bonds is 9. The van der Waals surface area contributed by atoms with Crippen LogP contribution < -0.4 is 16.0 Å². The predicted molar refractivity (Wildman–Crippen MR) is 139 cm³/mol. The number of hydrogen-bond acceptors (Lipinski definition) is 3. The Morgan fingerprint density at radius 3 is 2.61 bits per heavy atom. The zero-order valence-corrected chi connectivity index (χ0v) is 21.9. The van der Waals surface area contributed by atoms with Crippen molar-refractivity contribution in [1.82, 2.24) is 20.4 Å². The third-order valence-corrected chi connectivity index (χ3v) is 5.00. The quantitative estimate of drug-likeness (QED) is 0.254. The molecule has 0 radical (unpaired) electrons. The van der Waals surface area contributed by atoms with Crippen LogP contribution in [-0.2, 0) is 24.8 Å². The first-order chi connectivity index (χ1) is 14.3. The Labute approximate surface area is 203 Å². The van der Waals surface area contributed by atoms with Crippen molar-refractivity contribution in [1.29, 1.82) is 0 Å². The summed E-state index contributed by atoms with van der Waals surface area (Å²) < 4.78 is 1.93. The van der Waals surface area contributed by atoms with Crippen LogP contribution in [0.5, 0.6) is 0 Å². The van der Waals surface area contributed by atoms with Gasteiger partial charge in [0, 0.05) is 37.4 Å². The molecule has 1 atom stereocenters. The number of aromatic nitrogens is 2. The van der Waals surface area contributed by atoms with Crippen LogP contribution >= 0.6 is 24.0 Å². The van der Waals surface area contributed by atoms with Gasteiger partial charge in [0.05, 0.1) is 12.2 Å². The summed E-state index contributed by atoms with van der Waals surface area (Å²) in [6, 6.07) is 8.07. The molecule has 0 bridgehead atoms. The minimum Gasteiger partial charge on any atom is -0.357 e. The van der Waals surface area contributed by atoms with Gasteiger partial charge in [0.25, 0.3) is 0 Å². The van der Waals surface area contributed by atoms with E-state index in [0.29, 0.717) is 13.0 Å². The van der Waals surface area contributed by atoms with Crippen molar-refractivity contribution >= 4 is 41.5 Å². The highest BCUT2D eigenvalue weighted by Crippen LogP contribution is 2.15. The van der Waals surface area contributed by atoms with Crippen LogP contribution in [0.3, 0.4) is 0 Å². The number of aliphatic imine (C=N–C) groups is 1. The van der Waals surface area contributed by atoms with E-state index in [0.717, 1.165) is 42.3 Å². The molecule has 0 saturated heterocycles. The molecule has 1 unspecified atom stereocenters. The average molecular weight is 540 g/mol. The van der Waals surface area contributed by atoms with E-state index in [1.807, 2.05) is 42.9 Å². The van der Waals surface area contributed by atoms with Crippen LogP contribution in [0.2, 0.25) is 0 Å². The van der Waals surface area contributed by atoms with Crippen molar-refractivity contribution in [3.63, 3.8) is 0 Å². The van der Waals surface area contributed by atoms with Gasteiger partial charge in [0.15, 0.2) is 5.96 Å². The summed E-state index contributed by atoms with van der Waals surface area (Å²) in [7, 11) is 1.98. The summed E-state index contributed by atoms with van der Waals surface area (Å²) >= 11 is 0. The Hall–Kier alpha value is -2.10. The van der Waals surface area contributed by atoms with Crippen molar-refractivity contribution in [3.05, 3.63) is 46.8 Å². The van der Waals surface area contributed by atoms with Gasteiger partial charge in [-0.05, 0) is 63.8 Å². The molecular weight excluding hydrogens is 503 g/mol. The predicted octanol–water partition coefficient (Wildman–Crippen LogP) is 4.08. The zero-order valence-electron chi connectivity index (χ0n) is 19.6. The second-order valence-electron chi connectivity index (χ2n) is 7.72. The van der Waals surface area contributed by atoms with Gasteiger partial charge in [0.2, 0.25) is 5.91 Å². The van der Waals surface area contributed by atoms with Gasteiger partial charge in [-0.15, -0.1) is 24.0 Å². The van der Waals surface area contributed by atoms with E-state index >= 15 is 0 Å². The van der Waals surface area contributed by atoms with Crippen LogP contribution in [0.25, 0.3) is 0 Å². The van der Waals surface area contributed by atoms with Gasteiger partial charge >= 0.3 is 0 Å². The number of aryl methyl sites for hydroxylation is 2. The summed E-state index contributed by atoms with van der Waals surface area (Å²) in [4.78, 5) is 16.6. The minimum absolute atomic E-state index is 0. The molecule has 0 aliphatic rings. The number of carbonyl (C=O) groups excluding carboxylic acids is 1. The van der Waals surface area contributed by atoms with Crippen LogP contribution in [0.1, 0.15) is 56.1 Å². The summed E-state index contributed by atoms with van der Waals surface area (Å²) in [6.45, 7) is 11.7. The van der Waals surface area contributed by atoms with Gasteiger partial charge in [-0.2, -0.15) is 5.10 Å². The van der Waals surface area contributed by atoms with Gasteiger partial charge in [0.1, 0.15) is 0 Å². The number of guanidine groups is 1. The zero-order chi connectivity index (χ0) is 22.1. The van der Waals surface area contributed by atoms with E-state index in [2.05, 4.69) is 48.7 Å². The van der Waals surface area contributed by atoms with Crippen molar-refractivity contribution in [2.75, 3.05) is 11.9 Å². The molecule has 8 heteroatoms. The van der Waals surface area contributed by atoms with E-state index < -0.39 is 0 Å². The summed E-state index contributed by atoms with van der Waals surface area (Å²) in [5.41, 5.74) is 5.42. The largest absolute Gasteiger partial charge is 0.357 e.